The lowest BCUT2D eigenvalue weighted by molar-refractivity contribution is 0.380. The molecule has 0 atom stereocenters. The zero-order chi connectivity index (χ0) is 14.8. The van der Waals surface area contributed by atoms with Gasteiger partial charge in [0.15, 0.2) is 0 Å². The van der Waals surface area contributed by atoms with E-state index in [9.17, 15) is 8.42 Å². The maximum atomic E-state index is 12.7. The molecule has 0 aliphatic rings. The van der Waals surface area contributed by atoms with E-state index in [0.29, 0.717) is 28.8 Å². The highest BCUT2D eigenvalue weighted by molar-refractivity contribution is 9.10. The molecule has 0 radical (unpaired) electrons. The number of hydrogen-bond donors (Lipinski definition) is 1. The van der Waals surface area contributed by atoms with E-state index in [1.165, 1.54) is 4.31 Å². The molecule has 108 valence electrons. The predicted molar refractivity (Wildman–Crippen MR) is 82.6 cm³/mol. The fourth-order valence-corrected chi connectivity index (χ4v) is 4.41. The maximum Gasteiger partial charge on any atom is 0.243 e. The highest BCUT2D eigenvalue weighted by Crippen LogP contribution is 2.28. The molecular weight excluding hydrogens is 328 g/mol. The van der Waals surface area contributed by atoms with Gasteiger partial charge < -0.3 is 5.73 Å². The molecule has 1 rings (SSSR count). The number of benzene rings is 1. The van der Waals surface area contributed by atoms with Crippen LogP contribution in [-0.2, 0) is 10.0 Å². The van der Waals surface area contributed by atoms with E-state index in [1.807, 2.05) is 20.8 Å². The summed E-state index contributed by atoms with van der Waals surface area (Å²) < 4.78 is 27.5. The van der Waals surface area contributed by atoms with Gasteiger partial charge in [-0.1, -0.05) is 36.7 Å². The largest absolute Gasteiger partial charge is 0.398 e. The van der Waals surface area contributed by atoms with Gasteiger partial charge in [-0.2, -0.15) is 4.31 Å². The lowest BCUT2D eigenvalue weighted by atomic mass is 10.2. The van der Waals surface area contributed by atoms with E-state index >= 15 is 0 Å². The Morgan fingerprint density at radius 3 is 2.42 bits per heavy atom. The number of sulfonamides is 1. The van der Waals surface area contributed by atoms with Gasteiger partial charge in [0.25, 0.3) is 0 Å². The van der Waals surface area contributed by atoms with Crippen LogP contribution < -0.4 is 5.73 Å². The summed E-state index contributed by atoms with van der Waals surface area (Å²) in [5.74, 6) is 0.277. The average Bonchev–Trinajstić information content (AvgIpc) is 2.30. The number of rotatable bonds is 5. The molecule has 0 aromatic heterocycles. The molecule has 0 spiro atoms. The Balaban J connectivity index is 3.33. The van der Waals surface area contributed by atoms with Crippen LogP contribution in [0.3, 0.4) is 0 Å². The number of nitrogens with zero attached hydrogens (tertiary/aromatic N) is 1. The SMILES string of the molecule is CCN(CC(C)C)S(=O)(=O)c1cc(Br)cc(N)c1C. The van der Waals surface area contributed by atoms with Crippen LogP contribution in [0.15, 0.2) is 21.5 Å². The minimum atomic E-state index is -3.50. The molecule has 0 bridgehead atoms. The Kier molecular flexibility index (Phi) is 5.41. The van der Waals surface area contributed by atoms with Crippen molar-refractivity contribution in [3.63, 3.8) is 0 Å². The van der Waals surface area contributed by atoms with E-state index in [2.05, 4.69) is 15.9 Å². The van der Waals surface area contributed by atoms with Crippen molar-refractivity contribution in [3.05, 3.63) is 22.2 Å². The normalized spacial score (nSPS) is 12.4. The summed E-state index contributed by atoms with van der Waals surface area (Å²) in [6.07, 6.45) is 0. The summed E-state index contributed by atoms with van der Waals surface area (Å²) in [7, 11) is -3.50. The third-order valence-corrected chi connectivity index (χ3v) is 5.43. The molecule has 0 amide bonds. The van der Waals surface area contributed by atoms with Crippen molar-refractivity contribution in [1.29, 1.82) is 0 Å². The van der Waals surface area contributed by atoms with Gasteiger partial charge in [-0.3, -0.25) is 0 Å². The van der Waals surface area contributed by atoms with Gasteiger partial charge in [0.2, 0.25) is 10.0 Å². The molecule has 0 aliphatic carbocycles. The van der Waals surface area contributed by atoms with Gasteiger partial charge in [-0.25, -0.2) is 8.42 Å². The minimum Gasteiger partial charge on any atom is -0.398 e. The molecule has 6 heteroatoms. The summed E-state index contributed by atoms with van der Waals surface area (Å²) >= 11 is 3.30. The van der Waals surface area contributed by atoms with Gasteiger partial charge in [0, 0.05) is 23.2 Å². The first kappa shape index (κ1) is 16.5. The summed E-state index contributed by atoms with van der Waals surface area (Å²) in [4.78, 5) is 0.280. The van der Waals surface area contributed by atoms with Crippen LogP contribution in [0.4, 0.5) is 5.69 Å². The van der Waals surface area contributed by atoms with Crippen LogP contribution in [-0.4, -0.2) is 25.8 Å². The van der Waals surface area contributed by atoms with Crippen molar-refractivity contribution in [1.82, 2.24) is 4.31 Å². The molecule has 2 N–H and O–H groups in total. The Morgan fingerprint density at radius 1 is 1.37 bits per heavy atom. The predicted octanol–water partition coefficient (Wildman–Crippen LogP) is 3.01. The van der Waals surface area contributed by atoms with Crippen molar-refractivity contribution in [3.8, 4) is 0 Å². The van der Waals surface area contributed by atoms with E-state index < -0.39 is 10.0 Å². The molecule has 1 aromatic carbocycles. The molecule has 4 nitrogen and oxygen atoms in total. The van der Waals surface area contributed by atoms with E-state index in [0.717, 1.165) is 0 Å². The topological polar surface area (TPSA) is 63.4 Å². The molecule has 0 saturated carbocycles. The van der Waals surface area contributed by atoms with Gasteiger partial charge in [-0.05, 0) is 30.5 Å². The number of halogens is 1. The van der Waals surface area contributed by atoms with E-state index in [1.54, 1.807) is 19.1 Å². The van der Waals surface area contributed by atoms with Gasteiger partial charge >= 0.3 is 0 Å². The number of hydrogen-bond acceptors (Lipinski definition) is 3. The van der Waals surface area contributed by atoms with E-state index in [4.69, 9.17) is 5.73 Å². The summed E-state index contributed by atoms with van der Waals surface area (Å²) in [6.45, 7) is 8.53. The fourth-order valence-electron chi connectivity index (χ4n) is 1.89. The molecule has 1 aromatic rings. The van der Waals surface area contributed by atoms with Gasteiger partial charge in [0.1, 0.15) is 0 Å². The lowest BCUT2D eigenvalue weighted by Gasteiger charge is -2.23. The minimum absolute atomic E-state index is 0.277. The van der Waals surface area contributed by atoms with E-state index in [-0.39, 0.29) is 10.8 Å². The number of nitrogens with two attached hydrogens (primary N) is 1. The molecule has 0 unspecified atom stereocenters. The summed E-state index contributed by atoms with van der Waals surface area (Å²) in [6, 6.07) is 3.33. The van der Waals surface area contributed by atoms with Crippen LogP contribution in [0.25, 0.3) is 0 Å². The molecule has 0 saturated heterocycles. The Morgan fingerprint density at radius 2 is 1.95 bits per heavy atom. The quantitative estimate of drug-likeness (QED) is 0.831. The highest BCUT2D eigenvalue weighted by Gasteiger charge is 2.26. The molecule has 0 aliphatic heterocycles. The number of anilines is 1. The average molecular weight is 349 g/mol. The monoisotopic (exact) mass is 348 g/mol. The lowest BCUT2D eigenvalue weighted by Crippen LogP contribution is -2.34. The fraction of sp³-hybridized carbons (Fsp3) is 0.538. The standard InChI is InChI=1S/C13H21BrN2O2S/c1-5-16(8-9(2)3)19(17,18)13-7-11(14)6-12(15)10(13)4/h6-7,9H,5,8,15H2,1-4H3. The van der Waals surface area contributed by atoms with Crippen LogP contribution in [0.5, 0.6) is 0 Å². The second kappa shape index (κ2) is 6.24. The Hall–Kier alpha value is -0.590. The first-order valence-corrected chi connectivity index (χ1v) is 8.49. The highest BCUT2D eigenvalue weighted by atomic mass is 79.9. The van der Waals surface area contributed by atoms with Crippen LogP contribution in [0.2, 0.25) is 0 Å². The van der Waals surface area contributed by atoms with Crippen molar-refractivity contribution in [2.45, 2.75) is 32.6 Å². The van der Waals surface area contributed by atoms with Crippen LogP contribution in [0.1, 0.15) is 26.3 Å². The summed E-state index contributed by atoms with van der Waals surface area (Å²) in [5, 5.41) is 0. The molecular formula is C13H21BrN2O2S. The molecule has 0 heterocycles. The summed E-state index contributed by atoms with van der Waals surface area (Å²) in [5.41, 5.74) is 6.93. The van der Waals surface area contributed by atoms with Crippen molar-refractivity contribution in [2.75, 3.05) is 18.8 Å². The Bertz CT molecular complexity index is 556. The van der Waals surface area contributed by atoms with Crippen LogP contribution in [0, 0.1) is 12.8 Å². The second-order valence-corrected chi connectivity index (χ2v) is 7.79. The Labute approximate surface area is 124 Å². The first-order valence-electron chi connectivity index (χ1n) is 6.25. The van der Waals surface area contributed by atoms with Gasteiger partial charge in [-0.15, -0.1) is 0 Å². The maximum absolute atomic E-state index is 12.7. The van der Waals surface area contributed by atoms with Gasteiger partial charge in [0.05, 0.1) is 4.90 Å². The second-order valence-electron chi connectivity index (χ2n) is 4.97. The molecule has 0 fully saturated rings. The van der Waals surface area contributed by atoms with Crippen molar-refractivity contribution in [2.24, 2.45) is 5.92 Å². The molecule has 19 heavy (non-hydrogen) atoms. The first-order chi connectivity index (χ1) is 8.70. The van der Waals surface area contributed by atoms with Crippen LogP contribution >= 0.6 is 15.9 Å². The van der Waals surface area contributed by atoms with Crippen molar-refractivity contribution < 1.29 is 8.42 Å². The zero-order valence-electron chi connectivity index (χ0n) is 11.8. The van der Waals surface area contributed by atoms with Crippen molar-refractivity contribution >= 4 is 31.6 Å². The third kappa shape index (κ3) is 3.70. The smallest absolute Gasteiger partial charge is 0.243 e. The zero-order valence-corrected chi connectivity index (χ0v) is 14.2. The third-order valence-electron chi connectivity index (χ3n) is 2.90. The number of nitrogen functional groups attached to an aromatic ring is 1.